The number of nitrogens with one attached hydrogen (secondary N) is 1. The Balaban J connectivity index is 2.40. The van der Waals surface area contributed by atoms with Crippen molar-refractivity contribution in [2.75, 3.05) is 7.11 Å². The van der Waals surface area contributed by atoms with Crippen molar-refractivity contribution in [2.24, 2.45) is 0 Å². The van der Waals surface area contributed by atoms with Gasteiger partial charge in [0.05, 0.1) is 7.11 Å². The van der Waals surface area contributed by atoms with Gasteiger partial charge in [0.15, 0.2) is 6.10 Å². The fourth-order valence-electron chi connectivity index (χ4n) is 1.18. The van der Waals surface area contributed by atoms with Crippen LogP contribution in [0.2, 0.25) is 0 Å². The highest BCUT2D eigenvalue weighted by atomic mass is 16.6. The Morgan fingerprint density at radius 1 is 1.46 bits per heavy atom. The van der Waals surface area contributed by atoms with E-state index >= 15 is 0 Å². The Labute approximate surface area is 74.8 Å². The molecule has 1 rings (SSSR count). The summed E-state index contributed by atoms with van der Waals surface area (Å²) in [6.07, 6.45) is -0.808. The number of rotatable bonds is 3. The Morgan fingerprint density at radius 2 is 2.08 bits per heavy atom. The van der Waals surface area contributed by atoms with E-state index in [2.05, 4.69) is 10.3 Å². The molecule has 13 heavy (non-hydrogen) atoms. The molecule has 0 radical (unpaired) electrons. The normalized spacial score (nSPS) is 27.2. The van der Waals surface area contributed by atoms with Gasteiger partial charge in [-0.3, -0.25) is 9.63 Å². The van der Waals surface area contributed by atoms with Crippen molar-refractivity contribution in [1.29, 1.82) is 0 Å². The van der Waals surface area contributed by atoms with E-state index in [0.717, 1.165) is 0 Å². The van der Waals surface area contributed by atoms with Crippen molar-refractivity contribution in [3.8, 4) is 0 Å². The second-order valence-electron chi connectivity index (χ2n) is 2.70. The van der Waals surface area contributed by atoms with Crippen LogP contribution in [0, 0.1) is 0 Å². The molecule has 1 aliphatic heterocycles. The molecule has 6 heteroatoms. The average molecular weight is 189 g/mol. The molecule has 6 nitrogen and oxygen atoms in total. The smallest absolute Gasteiger partial charge is 0.332 e. The van der Waals surface area contributed by atoms with E-state index in [1.54, 1.807) is 0 Å². The first-order valence-electron chi connectivity index (χ1n) is 3.86. The molecule has 0 aliphatic carbocycles. The second kappa shape index (κ2) is 4.20. The van der Waals surface area contributed by atoms with Crippen LogP contribution in [-0.4, -0.2) is 36.3 Å². The maximum absolute atomic E-state index is 11.1. The van der Waals surface area contributed by atoms with Gasteiger partial charge < -0.3 is 9.84 Å². The lowest BCUT2D eigenvalue weighted by atomic mass is 10.2. The summed E-state index contributed by atoms with van der Waals surface area (Å²) in [5.41, 5.74) is 2.09. The lowest BCUT2D eigenvalue weighted by Crippen LogP contribution is -2.34. The highest BCUT2D eigenvalue weighted by Gasteiger charge is 2.34. The van der Waals surface area contributed by atoms with E-state index in [1.165, 1.54) is 7.11 Å². The third-order valence-corrected chi connectivity index (χ3v) is 1.79. The van der Waals surface area contributed by atoms with Crippen LogP contribution in [0.25, 0.3) is 0 Å². The zero-order valence-electron chi connectivity index (χ0n) is 7.15. The number of carbonyl (C=O) groups excluding carboxylic acids is 1. The van der Waals surface area contributed by atoms with Gasteiger partial charge in [-0.05, 0) is 12.8 Å². The number of aliphatic carboxylic acids is 1. The van der Waals surface area contributed by atoms with Crippen LogP contribution in [0.5, 0.6) is 0 Å². The first-order chi connectivity index (χ1) is 6.15. The lowest BCUT2D eigenvalue weighted by molar-refractivity contribution is -0.154. The van der Waals surface area contributed by atoms with Crippen LogP contribution in [0.1, 0.15) is 12.8 Å². The minimum absolute atomic E-state index is 0.358. The zero-order chi connectivity index (χ0) is 9.84. The number of carboxylic acids is 1. The van der Waals surface area contributed by atoms with Gasteiger partial charge in [-0.15, -0.1) is 0 Å². The van der Waals surface area contributed by atoms with Crippen molar-refractivity contribution in [2.45, 2.75) is 25.0 Å². The Morgan fingerprint density at radius 3 is 2.54 bits per heavy atom. The molecule has 1 aliphatic rings. The van der Waals surface area contributed by atoms with Crippen molar-refractivity contribution in [1.82, 2.24) is 5.48 Å². The molecule has 0 bridgehead atoms. The molecule has 0 aromatic rings. The molecule has 0 saturated carbocycles. The summed E-state index contributed by atoms with van der Waals surface area (Å²) in [4.78, 5) is 25.9. The Hall–Kier alpha value is -1.14. The molecule has 1 saturated heterocycles. The van der Waals surface area contributed by atoms with Crippen LogP contribution in [0.3, 0.4) is 0 Å². The third-order valence-electron chi connectivity index (χ3n) is 1.79. The second-order valence-corrected chi connectivity index (χ2v) is 2.70. The number of amides is 1. The first-order valence-corrected chi connectivity index (χ1v) is 3.86. The van der Waals surface area contributed by atoms with Crippen LogP contribution in [0.15, 0.2) is 0 Å². The van der Waals surface area contributed by atoms with Gasteiger partial charge in [0, 0.05) is 0 Å². The molecule has 1 amide bonds. The molecule has 1 heterocycles. The average Bonchev–Trinajstić information content (AvgIpc) is 2.52. The van der Waals surface area contributed by atoms with E-state index in [0.29, 0.717) is 12.8 Å². The predicted molar refractivity (Wildman–Crippen MR) is 40.7 cm³/mol. The van der Waals surface area contributed by atoms with E-state index in [-0.39, 0.29) is 0 Å². The SMILES string of the molecule is CONC(=O)[C@H]1CC[C@@H](C(=O)O)O1. The van der Waals surface area contributed by atoms with Gasteiger partial charge in [0.1, 0.15) is 6.10 Å². The number of hydrogen-bond acceptors (Lipinski definition) is 4. The highest BCUT2D eigenvalue weighted by molar-refractivity contribution is 5.81. The molecule has 2 atom stereocenters. The van der Waals surface area contributed by atoms with Gasteiger partial charge in [-0.1, -0.05) is 0 Å². The molecule has 2 N–H and O–H groups in total. The fourth-order valence-corrected chi connectivity index (χ4v) is 1.18. The van der Waals surface area contributed by atoms with E-state index in [9.17, 15) is 9.59 Å². The van der Waals surface area contributed by atoms with E-state index in [1.807, 2.05) is 0 Å². The van der Waals surface area contributed by atoms with Gasteiger partial charge in [0.2, 0.25) is 0 Å². The van der Waals surface area contributed by atoms with Crippen molar-refractivity contribution in [3.63, 3.8) is 0 Å². The molecule has 74 valence electrons. The maximum atomic E-state index is 11.1. The van der Waals surface area contributed by atoms with Crippen molar-refractivity contribution in [3.05, 3.63) is 0 Å². The summed E-state index contributed by atoms with van der Waals surface area (Å²) in [5.74, 6) is -1.47. The third kappa shape index (κ3) is 2.40. The fraction of sp³-hybridized carbons (Fsp3) is 0.714. The van der Waals surface area contributed by atoms with E-state index < -0.39 is 24.1 Å². The lowest BCUT2D eigenvalue weighted by Gasteiger charge is -2.09. The first kappa shape index (κ1) is 9.94. The molecule has 0 spiro atoms. The molecular weight excluding hydrogens is 178 g/mol. The summed E-state index contributed by atoms with van der Waals surface area (Å²) in [6, 6.07) is 0. The zero-order valence-corrected chi connectivity index (χ0v) is 7.15. The van der Waals surface area contributed by atoms with Crippen LogP contribution in [0.4, 0.5) is 0 Å². The molecule has 1 fully saturated rings. The Bertz CT molecular complexity index is 217. The summed E-state index contributed by atoms with van der Waals surface area (Å²) >= 11 is 0. The molecular formula is C7H11NO5. The number of hydrogen-bond donors (Lipinski definition) is 2. The number of ether oxygens (including phenoxy) is 1. The largest absolute Gasteiger partial charge is 0.479 e. The van der Waals surface area contributed by atoms with Crippen LogP contribution in [-0.2, 0) is 19.2 Å². The van der Waals surface area contributed by atoms with Gasteiger partial charge in [-0.25, -0.2) is 10.3 Å². The minimum atomic E-state index is -1.03. The minimum Gasteiger partial charge on any atom is -0.479 e. The molecule has 0 aromatic heterocycles. The van der Waals surface area contributed by atoms with Crippen molar-refractivity contribution >= 4 is 11.9 Å². The molecule has 0 aromatic carbocycles. The number of hydroxylamine groups is 1. The van der Waals surface area contributed by atoms with Gasteiger partial charge in [-0.2, -0.15) is 0 Å². The Kier molecular flexibility index (Phi) is 3.21. The number of carbonyl (C=O) groups is 2. The van der Waals surface area contributed by atoms with E-state index in [4.69, 9.17) is 9.84 Å². The topological polar surface area (TPSA) is 84.9 Å². The summed E-state index contributed by atoms with van der Waals surface area (Å²) in [7, 11) is 1.31. The van der Waals surface area contributed by atoms with Gasteiger partial charge >= 0.3 is 5.97 Å². The van der Waals surface area contributed by atoms with Crippen molar-refractivity contribution < 1.29 is 24.3 Å². The van der Waals surface area contributed by atoms with Crippen LogP contribution < -0.4 is 5.48 Å². The molecule has 0 unspecified atom stereocenters. The summed E-state index contributed by atoms with van der Waals surface area (Å²) < 4.78 is 4.95. The van der Waals surface area contributed by atoms with Gasteiger partial charge in [0.25, 0.3) is 5.91 Å². The van der Waals surface area contributed by atoms with Crippen LogP contribution >= 0.6 is 0 Å². The standard InChI is InChI=1S/C7H11NO5/c1-12-8-6(9)4-2-3-5(13-4)7(10)11/h4-5H,2-3H2,1H3,(H,8,9)(H,10,11)/t4-,5+/m1/s1. The maximum Gasteiger partial charge on any atom is 0.332 e. The quantitative estimate of drug-likeness (QED) is 0.573. The highest BCUT2D eigenvalue weighted by Crippen LogP contribution is 2.19. The predicted octanol–water partition coefficient (Wildman–Crippen LogP) is -0.704. The summed E-state index contributed by atoms with van der Waals surface area (Å²) in [6.45, 7) is 0. The monoisotopic (exact) mass is 189 g/mol. The number of carboxylic acid groups (broad SMARTS) is 1. The summed E-state index contributed by atoms with van der Waals surface area (Å²) in [5, 5.41) is 8.55.